The molecule has 19 heavy (non-hydrogen) atoms. The molecule has 1 aliphatic rings. The van der Waals surface area contributed by atoms with Crippen molar-refractivity contribution in [3.05, 3.63) is 24.3 Å². The molecule has 106 valence electrons. The molecule has 1 atom stereocenters. The van der Waals surface area contributed by atoms with Crippen LogP contribution in [0.15, 0.2) is 29.2 Å². The van der Waals surface area contributed by atoms with Crippen LogP contribution in [0.1, 0.15) is 19.8 Å². The normalized spacial score (nSPS) is 25.2. The fourth-order valence-corrected chi connectivity index (χ4v) is 3.92. The van der Waals surface area contributed by atoms with Gasteiger partial charge in [0.15, 0.2) is 0 Å². The molecule has 1 aliphatic heterocycles. The molecule has 6 heteroatoms. The van der Waals surface area contributed by atoms with Gasteiger partial charge in [0.05, 0.1) is 17.6 Å². The Morgan fingerprint density at radius 2 is 2.16 bits per heavy atom. The number of piperidine rings is 1. The van der Waals surface area contributed by atoms with Gasteiger partial charge in [-0.1, -0.05) is 6.07 Å². The topological polar surface area (TPSA) is 66.8 Å². The maximum atomic E-state index is 12.5. The number of methoxy groups -OCH3 is 1. The molecule has 0 saturated carbocycles. The summed E-state index contributed by atoms with van der Waals surface area (Å²) in [5.74, 6) is 0.504. The third-order valence-electron chi connectivity index (χ3n) is 3.32. The Morgan fingerprint density at radius 3 is 2.79 bits per heavy atom. The second-order valence-electron chi connectivity index (χ2n) is 5.12. The standard InChI is InChI=1S/C13H19NO4S/c1-13(15)7-4-8-14(10-13)19(16,17)12-6-3-5-11(9-12)18-2/h3,5-6,9,15H,4,7-8,10H2,1-2H3. The highest BCUT2D eigenvalue weighted by molar-refractivity contribution is 7.89. The molecule has 0 bridgehead atoms. The van der Waals surface area contributed by atoms with Crippen LogP contribution < -0.4 is 4.74 Å². The van der Waals surface area contributed by atoms with Crippen molar-refractivity contribution >= 4 is 10.0 Å². The largest absolute Gasteiger partial charge is 0.497 e. The number of benzene rings is 1. The average Bonchev–Trinajstić information content (AvgIpc) is 2.37. The van der Waals surface area contributed by atoms with E-state index in [2.05, 4.69) is 0 Å². The number of nitrogens with zero attached hydrogens (tertiary/aromatic N) is 1. The first-order valence-electron chi connectivity index (χ1n) is 6.22. The van der Waals surface area contributed by atoms with Crippen molar-refractivity contribution in [1.29, 1.82) is 0 Å². The van der Waals surface area contributed by atoms with Crippen LogP contribution in [0.2, 0.25) is 0 Å². The number of sulfonamides is 1. The number of hydrogen-bond acceptors (Lipinski definition) is 4. The second kappa shape index (κ2) is 5.11. The van der Waals surface area contributed by atoms with E-state index in [0.29, 0.717) is 25.1 Å². The summed E-state index contributed by atoms with van der Waals surface area (Å²) in [7, 11) is -2.07. The SMILES string of the molecule is COc1cccc(S(=O)(=O)N2CCCC(C)(O)C2)c1. The van der Waals surface area contributed by atoms with Gasteiger partial charge in [0.2, 0.25) is 10.0 Å². The summed E-state index contributed by atoms with van der Waals surface area (Å²) in [4.78, 5) is 0.199. The lowest BCUT2D eigenvalue weighted by atomic mass is 9.97. The Labute approximate surface area is 113 Å². The Morgan fingerprint density at radius 1 is 1.42 bits per heavy atom. The smallest absolute Gasteiger partial charge is 0.243 e. The predicted molar refractivity (Wildman–Crippen MR) is 71.6 cm³/mol. The van der Waals surface area contributed by atoms with E-state index >= 15 is 0 Å². The van der Waals surface area contributed by atoms with Gasteiger partial charge in [0.1, 0.15) is 5.75 Å². The van der Waals surface area contributed by atoms with Crippen LogP contribution in [0.3, 0.4) is 0 Å². The van der Waals surface area contributed by atoms with Crippen LogP contribution in [0.25, 0.3) is 0 Å². The lowest BCUT2D eigenvalue weighted by Crippen LogP contribution is -2.48. The first kappa shape index (κ1) is 14.3. The lowest BCUT2D eigenvalue weighted by Gasteiger charge is -2.35. The molecular weight excluding hydrogens is 266 g/mol. The molecule has 1 fully saturated rings. The van der Waals surface area contributed by atoms with Crippen molar-refractivity contribution in [2.75, 3.05) is 20.2 Å². The molecule has 1 aromatic carbocycles. The van der Waals surface area contributed by atoms with E-state index in [0.717, 1.165) is 0 Å². The van der Waals surface area contributed by atoms with E-state index in [4.69, 9.17) is 4.74 Å². The molecule has 0 aromatic heterocycles. The first-order chi connectivity index (χ1) is 8.85. The second-order valence-corrected chi connectivity index (χ2v) is 7.06. The van der Waals surface area contributed by atoms with E-state index in [1.54, 1.807) is 25.1 Å². The zero-order valence-electron chi connectivity index (χ0n) is 11.2. The van der Waals surface area contributed by atoms with Crippen molar-refractivity contribution < 1.29 is 18.3 Å². The van der Waals surface area contributed by atoms with Gasteiger partial charge < -0.3 is 9.84 Å². The molecular formula is C13H19NO4S. The molecule has 1 unspecified atom stereocenters. The summed E-state index contributed by atoms with van der Waals surface area (Å²) in [6, 6.07) is 6.39. The number of rotatable bonds is 3. The van der Waals surface area contributed by atoms with Crippen LogP contribution in [-0.4, -0.2) is 43.6 Å². The lowest BCUT2D eigenvalue weighted by molar-refractivity contribution is 0.00940. The van der Waals surface area contributed by atoms with Gasteiger partial charge in [-0.05, 0) is 31.9 Å². The molecule has 1 N–H and O–H groups in total. The Hall–Kier alpha value is -1.11. The highest BCUT2D eigenvalue weighted by Crippen LogP contribution is 2.27. The van der Waals surface area contributed by atoms with Gasteiger partial charge in [-0.2, -0.15) is 4.31 Å². The molecule has 1 saturated heterocycles. The van der Waals surface area contributed by atoms with Gasteiger partial charge in [0.25, 0.3) is 0 Å². The fraction of sp³-hybridized carbons (Fsp3) is 0.538. The average molecular weight is 285 g/mol. The minimum atomic E-state index is -3.57. The minimum Gasteiger partial charge on any atom is -0.497 e. The summed E-state index contributed by atoms with van der Waals surface area (Å²) in [5, 5.41) is 10.0. The van der Waals surface area contributed by atoms with Crippen molar-refractivity contribution in [2.24, 2.45) is 0 Å². The molecule has 5 nitrogen and oxygen atoms in total. The zero-order valence-corrected chi connectivity index (χ0v) is 12.0. The fourth-order valence-electron chi connectivity index (χ4n) is 2.29. The summed E-state index contributed by atoms with van der Waals surface area (Å²) in [6.07, 6.45) is 1.29. The van der Waals surface area contributed by atoms with Crippen molar-refractivity contribution in [3.8, 4) is 5.75 Å². The summed E-state index contributed by atoms with van der Waals surface area (Å²) in [5.41, 5.74) is -0.954. The van der Waals surface area contributed by atoms with Crippen molar-refractivity contribution in [3.63, 3.8) is 0 Å². The van der Waals surface area contributed by atoms with Crippen LogP contribution in [-0.2, 0) is 10.0 Å². The van der Waals surface area contributed by atoms with E-state index in [-0.39, 0.29) is 11.4 Å². The summed E-state index contributed by atoms with van der Waals surface area (Å²) >= 11 is 0. The number of β-amino-alcohol motifs (C(OH)–C–C–N with tert-alkyl or cyclic N) is 1. The van der Waals surface area contributed by atoms with E-state index in [1.165, 1.54) is 17.5 Å². The molecule has 0 spiro atoms. The highest BCUT2D eigenvalue weighted by atomic mass is 32.2. The van der Waals surface area contributed by atoms with E-state index < -0.39 is 15.6 Å². The molecule has 0 radical (unpaired) electrons. The van der Waals surface area contributed by atoms with Gasteiger partial charge in [0, 0.05) is 19.2 Å². The predicted octanol–water partition coefficient (Wildman–Crippen LogP) is 1.23. The maximum absolute atomic E-state index is 12.5. The molecule has 0 aliphatic carbocycles. The van der Waals surface area contributed by atoms with Gasteiger partial charge in [-0.25, -0.2) is 8.42 Å². The van der Waals surface area contributed by atoms with Crippen molar-refractivity contribution in [1.82, 2.24) is 4.31 Å². The van der Waals surface area contributed by atoms with Gasteiger partial charge >= 0.3 is 0 Å². The van der Waals surface area contributed by atoms with E-state index in [1.807, 2.05) is 0 Å². The first-order valence-corrected chi connectivity index (χ1v) is 7.66. The minimum absolute atomic E-state index is 0.131. The van der Waals surface area contributed by atoms with Crippen LogP contribution in [0, 0.1) is 0 Å². The van der Waals surface area contributed by atoms with Gasteiger partial charge in [-0.3, -0.25) is 0 Å². The van der Waals surface area contributed by atoms with E-state index in [9.17, 15) is 13.5 Å². The maximum Gasteiger partial charge on any atom is 0.243 e. The third kappa shape index (κ3) is 3.08. The molecule has 1 heterocycles. The Bertz CT molecular complexity index is 554. The third-order valence-corrected chi connectivity index (χ3v) is 5.16. The van der Waals surface area contributed by atoms with Crippen LogP contribution in [0.5, 0.6) is 5.75 Å². The van der Waals surface area contributed by atoms with Crippen molar-refractivity contribution in [2.45, 2.75) is 30.3 Å². The Balaban J connectivity index is 2.31. The number of hydrogen-bond donors (Lipinski definition) is 1. The van der Waals surface area contributed by atoms with Gasteiger partial charge in [-0.15, -0.1) is 0 Å². The Kier molecular flexibility index (Phi) is 3.85. The summed E-state index contributed by atoms with van der Waals surface area (Å²) < 4.78 is 31.4. The molecule has 1 aromatic rings. The zero-order chi connectivity index (χ0) is 14.1. The number of aliphatic hydroxyl groups is 1. The molecule has 0 amide bonds. The quantitative estimate of drug-likeness (QED) is 0.907. The van der Waals surface area contributed by atoms with Crippen LogP contribution in [0.4, 0.5) is 0 Å². The summed E-state index contributed by atoms with van der Waals surface area (Å²) in [6.45, 7) is 2.24. The highest BCUT2D eigenvalue weighted by Gasteiger charge is 2.35. The number of ether oxygens (including phenoxy) is 1. The van der Waals surface area contributed by atoms with Crippen LogP contribution >= 0.6 is 0 Å². The molecule has 2 rings (SSSR count). The monoisotopic (exact) mass is 285 g/mol.